The summed E-state index contributed by atoms with van der Waals surface area (Å²) in [7, 11) is 3.74. The van der Waals surface area contributed by atoms with Gasteiger partial charge >= 0.3 is 0 Å². The molecule has 1 aromatic rings. The second-order valence-electron chi connectivity index (χ2n) is 10.3. The number of allylic oxidation sites excluding steroid dienone is 1. The van der Waals surface area contributed by atoms with Gasteiger partial charge in [-0.25, -0.2) is 4.39 Å². The smallest absolute Gasteiger partial charge is 0.265 e. The summed E-state index contributed by atoms with van der Waals surface area (Å²) in [5, 5.41) is 11.8. The van der Waals surface area contributed by atoms with Crippen LogP contribution < -0.4 is 10.1 Å². The van der Waals surface area contributed by atoms with E-state index < -0.39 is 25.9 Å². The summed E-state index contributed by atoms with van der Waals surface area (Å²) in [6.07, 6.45) is 6.19. The van der Waals surface area contributed by atoms with Crippen LogP contribution in [-0.2, 0) is 9.47 Å². The van der Waals surface area contributed by atoms with Crippen molar-refractivity contribution in [2.45, 2.75) is 96.3 Å². The van der Waals surface area contributed by atoms with Gasteiger partial charge in [0.1, 0.15) is 5.75 Å². The monoisotopic (exact) mass is 527 g/mol. The van der Waals surface area contributed by atoms with Crippen LogP contribution >= 0.6 is 0 Å². The van der Waals surface area contributed by atoms with Gasteiger partial charge in [0, 0.05) is 36.9 Å². The van der Waals surface area contributed by atoms with Crippen molar-refractivity contribution in [3.63, 3.8) is 0 Å². The van der Waals surface area contributed by atoms with Gasteiger partial charge in [-0.3, -0.25) is 4.39 Å². The minimum atomic E-state index is -0.886. The summed E-state index contributed by atoms with van der Waals surface area (Å²) in [5.74, 6) is 0.0935. The molecule has 1 aliphatic heterocycles. The molecule has 0 spiro atoms. The largest absolute Gasteiger partial charge is 0.463 e. The van der Waals surface area contributed by atoms with Gasteiger partial charge in [0.05, 0.1) is 25.3 Å². The quantitative estimate of drug-likeness (QED) is 0.282. The number of nitrogens with one attached hydrogen (secondary N) is 1. The average molecular weight is 528 g/mol. The van der Waals surface area contributed by atoms with Crippen molar-refractivity contribution in [2.24, 2.45) is 5.92 Å². The summed E-state index contributed by atoms with van der Waals surface area (Å²) >= 11 is 0. The molecule has 1 saturated heterocycles. The number of halogens is 2. The van der Waals surface area contributed by atoms with Gasteiger partial charge in [-0.15, -0.1) is 0 Å². The summed E-state index contributed by atoms with van der Waals surface area (Å²) in [6.45, 7) is 7.86. The van der Waals surface area contributed by atoms with E-state index in [2.05, 4.69) is 37.2 Å². The zero-order valence-electron chi connectivity index (χ0n) is 23.6. The molecule has 1 fully saturated rings. The molecule has 37 heavy (non-hydrogen) atoms. The molecule has 1 aliphatic rings. The van der Waals surface area contributed by atoms with E-state index >= 15 is 0 Å². The highest BCUT2D eigenvalue weighted by atomic mass is 19.1. The fourth-order valence-corrected chi connectivity index (χ4v) is 5.51. The zero-order chi connectivity index (χ0) is 27.4. The van der Waals surface area contributed by atoms with E-state index in [9.17, 15) is 8.78 Å². The number of alkyl halides is 2. The highest BCUT2D eigenvalue weighted by molar-refractivity contribution is 5.29. The Kier molecular flexibility index (Phi) is 13.3. The van der Waals surface area contributed by atoms with Crippen molar-refractivity contribution in [3.05, 3.63) is 41.6 Å². The summed E-state index contributed by atoms with van der Waals surface area (Å²) in [4.78, 5) is 2.34. The number of benzene rings is 1. The Morgan fingerprint density at radius 3 is 2.43 bits per heavy atom. The van der Waals surface area contributed by atoms with Gasteiger partial charge in [-0.1, -0.05) is 32.1 Å². The van der Waals surface area contributed by atoms with E-state index in [1.54, 1.807) is 19.2 Å². The molecular formula is C29H49F2N2O4+. The minimum absolute atomic E-state index is 0.106. The lowest BCUT2D eigenvalue weighted by Gasteiger charge is -2.40. The molecular weight excluding hydrogens is 478 g/mol. The Morgan fingerprint density at radius 2 is 1.92 bits per heavy atom. The lowest BCUT2D eigenvalue weighted by atomic mass is 9.79. The van der Waals surface area contributed by atoms with E-state index in [1.165, 1.54) is 0 Å². The molecule has 0 bridgehead atoms. The van der Waals surface area contributed by atoms with Crippen molar-refractivity contribution >= 4 is 0 Å². The maximum Gasteiger partial charge on any atom is 0.265 e. The first kappa shape index (κ1) is 31.5. The van der Waals surface area contributed by atoms with E-state index in [4.69, 9.17) is 19.3 Å². The van der Waals surface area contributed by atoms with E-state index in [0.29, 0.717) is 18.2 Å². The Hall–Kier alpha value is -1.74. The standard InChI is InChI=1S/C29H48F2N2O4/c1-7-24(14-15-33(5)25-16-21(4)37-27(34)17-25)32-29(8-2,9-3)18-23(19-30)28(35-6)22-10-12-26(13-11-22)36-20-31/h7,10-13,21,23,25,27-28,32,34H,8-9,14-20H2,1-6H3/p+1/b24-7-/t21-,23-,25+,27-,28-/m1/s1. The molecule has 3 N–H and O–H groups in total. The van der Waals surface area contributed by atoms with Crippen LogP contribution in [0.15, 0.2) is 36.0 Å². The molecule has 0 unspecified atom stereocenters. The molecule has 6 nitrogen and oxygen atoms in total. The number of hydrogen-bond donors (Lipinski definition) is 1. The van der Waals surface area contributed by atoms with Crippen LogP contribution in [0.4, 0.5) is 8.78 Å². The third-order valence-corrected chi connectivity index (χ3v) is 7.93. The molecule has 1 aromatic carbocycles. The highest BCUT2D eigenvalue weighted by Gasteiger charge is 2.35. The maximum atomic E-state index is 14.5. The van der Waals surface area contributed by atoms with Gasteiger partial charge in [0.25, 0.3) is 6.29 Å². The lowest BCUT2D eigenvalue weighted by Crippen LogP contribution is -2.47. The summed E-state index contributed by atoms with van der Waals surface area (Å²) < 4.78 is 43.3. The molecule has 5 atom stereocenters. The average Bonchev–Trinajstić information content (AvgIpc) is 2.90. The summed E-state index contributed by atoms with van der Waals surface area (Å²) in [5.41, 5.74) is 1.73. The zero-order valence-corrected chi connectivity index (χ0v) is 23.6. The Labute approximate surface area is 222 Å². The first-order valence-corrected chi connectivity index (χ1v) is 13.6. The van der Waals surface area contributed by atoms with Crippen molar-refractivity contribution in [1.29, 1.82) is 0 Å². The predicted octanol–water partition coefficient (Wildman–Crippen LogP) is 5.65. The summed E-state index contributed by atoms with van der Waals surface area (Å²) in [6, 6.07) is 7.36. The number of hydrogen-bond acceptors (Lipinski definition) is 5. The number of methoxy groups -OCH3 is 1. The van der Waals surface area contributed by atoms with Gasteiger partial charge in [0.2, 0.25) is 6.86 Å². The van der Waals surface area contributed by atoms with Gasteiger partial charge < -0.3 is 29.5 Å². The normalized spacial score (nSPS) is 22.6. The van der Waals surface area contributed by atoms with Crippen LogP contribution in [0.2, 0.25) is 0 Å². The number of rotatable bonds is 16. The molecule has 8 heteroatoms. The number of nitrogens with zero attached hydrogens (tertiary/aromatic N) is 1. The van der Waals surface area contributed by atoms with Crippen LogP contribution in [0.3, 0.4) is 0 Å². The second kappa shape index (κ2) is 15.6. The van der Waals surface area contributed by atoms with E-state index in [-0.39, 0.29) is 17.6 Å². The van der Waals surface area contributed by atoms with E-state index in [1.807, 2.05) is 26.0 Å². The minimum Gasteiger partial charge on any atom is -0.463 e. The predicted molar refractivity (Wildman–Crippen MR) is 145 cm³/mol. The van der Waals surface area contributed by atoms with Gasteiger partial charge in [-0.2, -0.15) is 0 Å². The van der Waals surface area contributed by atoms with Crippen molar-refractivity contribution in [2.75, 3.05) is 34.2 Å². The van der Waals surface area contributed by atoms with Crippen LogP contribution in [0, 0.1) is 5.92 Å². The molecule has 0 radical (unpaired) electrons. The topological polar surface area (TPSA) is 65.9 Å². The van der Waals surface area contributed by atoms with Crippen LogP contribution in [0.1, 0.15) is 77.9 Å². The Bertz CT molecular complexity index is 794. The molecule has 0 aromatic heterocycles. The lowest BCUT2D eigenvalue weighted by molar-refractivity contribution is -0.173. The maximum absolute atomic E-state index is 14.5. The van der Waals surface area contributed by atoms with Gasteiger partial charge in [-0.05, 0) is 70.7 Å². The second-order valence-corrected chi connectivity index (χ2v) is 10.3. The fraction of sp³-hybridized carbons (Fsp3) is 0.724. The van der Waals surface area contributed by atoms with Crippen molar-refractivity contribution in [3.8, 4) is 5.75 Å². The SMILES string of the molecule is C/C=C(/CCN(C)[C@H]1C[C@@H](C)O[C@@H]([OH2+])C1)NC(CC)(CC)C[C@H](CF)[C@H](OC)c1ccc(OCF)cc1. The first-order valence-electron chi connectivity index (χ1n) is 13.6. The highest BCUT2D eigenvalue weighted by Crippen LogP contribution is 2.36. The Balaban J connectivity index is 2.08. The molecule has 0 aliphatic carbocycles. The third-order valence-electron chi connectivity index (χ3n) is 7.93. The molecule has 2 rings (SSSR count). The van der Waals surface area contributed by atoms with Gasteiger partial charge in [0.15, 0.2) is 0 Å². The van der Waals surface area contributed by atoms with Crippen molar-refractivity contribution in [1.82, 2.24) is 10.2 Å². The van der Waals surface area contributed by atoms with Crippen LogP contribution in [0.5, 0.6) is 5.75 Å². The van der Waals surface area contributed by atoms with Crippen LogP contribution in [-0.4, -0.2) is 68.2 Å². The molecule has 212 valence electrons. The first-order chi connectivity index (χ1) is 17.7. The molecule has 0 amide bonds. The molecule has 0 saturated carbocycles. The third kappa shape index (κ3) is 9.20. The Morgan fingerprint density at radius 1 is 1.24 bits per heavy atom. The van der Waals surface area contributed by atoms with E-state index in [0.717, 1.165) is 49.9 Å². The number of ether oxygens (including phenoxy) is 3. The molecule has 1 heterocycles. The van der Waals surface area contributed by atoms with Crippen LogP contribution in [0.25, 0.3) is 0 Å². The van der Waals surface area contributed by atoms with Crippen molar-refractivity contribution < 1.29 is 28.1 Å². The fourth-order valence-electron chi connectivity index (χ4n) is 5.51.